The van der Waals surface area contributed by atoms with Crippen LogP contribution in [-0.4, -0.2) is 47.6 Å². The van der Waals surface area contributed by atoms with Gasteiger partial charge in [0.05, 0.1) is 13.2 Å². The Morgan fingerprint density at radius 2 is 1.39 bits per heavy atom. The van der Waals surface area contributed by atoms with Crippen molar-refractivity contribution in [3.8, 4) is 11.1 Å². The average molecular weight is 643 g/mol. The molecule has 5 rings (SSSR count). The van der Waals surface area contributed by atoms with Crippen molar-refractivity contribution in [1.82, 2.24) is 10.6 Å². The predicted octanol–water partition coefficient (Wildman–Crippen LogP) is 7.35. The maximum atomic E-state index is 13.1. The first-order valence-corrected chi connectivity index (χ1v) is 16.9. The molecule has 0 bridgehead atoms. The predicted molar refractivity (Wildman–Crippen MR) is 184 cm³/mol. The summed E-state index contributed by atoms with van der Waals surface area (Å²) in [6.07, 6.45) is -0.495. The molecule has 4 aromatic rings. The molecule has 0 fully saturated rings. The van der Waals surface area contributed by atoms with Crippen LogP contribution in [0.4, 0.5) is 4.79 Å². The van der Waals surface area contributed by atoms with E-state index in [1.165, 1.54) is 35.6 Å². The van der Waals surface area contributed by atoms with E-state index in [9.17, 15) is 9.59 Å². The van der Waals surface area contributed by atoms with E-state index >= 15 is 0 Å². The van der Waals surface area contributed by atoms with Gasteiger partial charge in [0.25, 0.3) is 0 Å². The second-order valence-electron chi connectivity index (χ2n) is 10.3. The van der Waals surface area contributed by atoms with Crippen LogP contribution in [0.15, 0.2) is 109 Å². The van der Waals surface area contributed by atoms with Crippen LogP contribution in [0.1, 0.15) is 34.2 Å². The molecule has 226 valence electrons. The third-order valence-corrected chi connectivity index (χ3v) is 9.85. The summed E-state index contributed by atoms with van der Waals surface area (Å²) in [4.78, 5) is 25.6. The molecule has 9 heteroatoms. The Morgan fingerprint density at radius 1 is 0.795 bits per heavy atom. The van der Waals surface area contributed by atoms with Gasteiger partial charge in [0.1, 0.15) is 17.0 Å². The molecule has 0 spiro atoms. The molecular weight excluding hydrogens is 609 g/mol. The summed E-state index contributed by atoms with van der Waals surface area (Å²) in [5.74, 6) is 1.33. The molecule has 6 nitrogen and oxygen atoms in total. The molecule has 2 atom stereocenters. The number of hydrogen-bond acceptors (Lipinski definition) is 7. The normalized spacial score (nSPS) is 13.2. The molecule has 0 aliphatic heterocycles. The van der Waals surface area contributed by atoms with Crippen molar-refractivity contribution in [3.63, 3.8) is 0 Å². The number of hydrogen-bond donors (Lipinski definition) is 2. The second-order valence-corrected chi connectivity index (χ2v) is 13.0. The lowest BCUT2D eigenvalue weighted by Crippen LogP contribution is -2.42. The largest absolute Gasteiger partial charge is 0.467 e. The number of methoxy groups -OCH3 is 1. The van der Waals surface area contributed by atoms with Crippen molar-refractivity contribution in [2.75, 3.05) is 25.2 Å². The molecular formula is C35H34N2O4S3. The van der Waals surface area contributed by atoms with Gasteiger partial charge in [-0.15, -0.1) is 0 Å². The van der Waals surface area contributed by atoms with E-state index in [0.717, 1.165) is 22.4 Å². The number of thioether (sulfide) groups is 2. The number of carbonyl (C=O) groups is 2. The van der Waals surface area contributed by atoms with Gasteiger partial charge < -0.3 is 20.1 Å². The number of benzene rings is 4. The molecule has 2 N–H and O–H groups in total. The minimum atomic E-state index is -0.584. The van der Waals surface area contributed by atoms with E-state index in [2.05, 4.69) is 47.0 Å². The Bertz CT molecular complexity index is 1520. The molecule has 0 radical (unpaired) electrons. The number of nitrogens with one attached hydrogen (secondary N) is 2. The second kappa shape index (κ2) is 15.8. The van der Waals surface area contributed by atoms with Gasteiger partial charge in [-0.05, 0) is 33.4 Å². The third-order valence-electron chi connectivity index (χ3n) is 7.39. The van der Waals surface area contributed by atoms with Gasteiger partial charge in [-0.1, -0.05) is 133 Å². The standard InChI is InChI=1S/C35H34N2O4S3/c1-40-33(38)32(22-43-21-24-12-4-2-5-13-24)37-35(42)44-23-31(25-14-6-3-7-15-25)36-34(39)41-20-30-28-18-10-8-16-26(28)27-17-9-11-19-29(27)30/h2-19,30-32H,20-23H2,1H3,(H,36,39)(H,37,42)/t31-,32+/m1/s1. The monoisotopic (exact) mass is 642 g/mol. The number of fused-ring (bicyclic) bond motifs is 3. The smallest absolute Gasteiger partial charge is 0.407 e. The van der Waals surface area contributed by atoms with Crippen LogP contribution < -0.4 is 10.6 Å². The Morgan fingerprint density at radius 3 is 2.02 bits per heavy atom. The van der Waals surface area contributed by atoms with Crippen molar-refractivity contribution in [1.29, 1.82) is 0 Å². The van der Waals surface area contributed by atoms with Crippen molar-refractivity contribution < 1.29 is 19.1 Å². The zero-order valence-electron chi connectivity index (χ0n) is 24.3. The lowest BCUT2D eigenvalue weighted by atomic mass is 9.98. The van der Waals surface area contributed by atoms with Gasteiger partial charge in [-0.3, -0.25) is 0 Å². The van der Waals surface area contributed by atoms with E-state index in [0.29, 0.717) is 15.8 Å². The Hall–Kier alpha value is -3.79. The summed E-state index contributed by atoms with van der Waals surface area (Å²) in [6, 6.07) is 35.4. The number of carbonyl (C=O) groups excluding carboxylic acids is 2. The molecule has 0 saturated carbocycles. The van der Waals surface area contributed by atoms with Crippen molar-refractivity contribution in [3.05, 3.63) is 131 Å². The number of alkyl carbamates (subject to hydrolysis) is 1. The molecule has 0 saturated heterocycles. The lowest BCUT2D eigenvalue weighted by Gasteiger charge is -2.22. The maximum absolute atomic E-state index is 13.1. The summed E-state index contributed by atoms with van der Waals surface area (Å²) in [5.41, 5.74) is 6.80. The van der Waals surface area contributed by atoms with E-state index in [-0.39, 0.29) is 24.5 Å². The van der Waals surface area contributed by atoms with Gasteiger partial charge in [-0.2, -0.15) is 11.8 Å². The SMILES string of the molecule is COC(=O)[C@H](CSCc1ccccc1)NC(=S)SC[C@@H](NC(=O)OCC1c2ccccc2-c2ccccc21)c1ccccc1. The van der Waals surface area contributed by atoms with Crippen LogP contribution in [0.3, 0.4) is 0 Å². The van der Waals surface area contributed by atoms with E-state index in [4.69, 9.17) is 21.7 Å². The topological polar surface area (TPSA) is 76.7 Å². The van der Waals surface area contributed by atoms with E-state index in [1.807, 2.05) is 72.8 Å². The summed E-state index contributed by atoms with van der Waals surface area (Å²) in [6.45, 7) is 0.232. The van der Waals surface area contributed by atoms with E-state index < -0.39 is 12.1 Å². The number of ether oxygens (including phenoxy) is 2. The first-order chi connectivity index (χ1) is 21.5. The quantitative estimate of drug-likeness (QED) is 0.123. The van der Waals surface area contributed by atoms with Gasteiger partial charge >= 0.3 is 12.1 Å². The molecule has 0 unspecified atom stereocenters. The first kappa shape index (κ1) is 31.6. The molecule has 0 heterocycles. The van der Waals surface area contributed by atoms with Crippen molar-refractivity contribution in [2.24, 2.45) is 0 Å². The summed E-state index contributed by atoms with van der Waals surface area (Å²) >= 11 is 8.61. The van der Waals surface area contributed by atoms with Gasteiger partial charge in [-0.25, -0.2) is 9.59 Å². The molecule has 0 aromatic heterocycles. The highest BCUT2D eigenvalue weighted by molar-refractivity contribution is 8.23. The zero-order valence-corrected chi connectivity index (χ0v) is 26.8. The third kappa shape index (κ3) is 8.22. The van der Waals surface area contributed by atoms with Crippen molar-refractivity contribution >= 4 is 52.1 Å². The summed E-state index contributed by atoms with van der Waals surface area (Å²) in [5, 5.41) is 6.19. The van der Waals surface area contributed by atoms with Crippen LogP contribution in [-0.2, 0) is 20.0 Å². The molecule has 4 aromatic carbocycles. The highest BCUT2D eigenvalue weighted by Gasteiger charge is 2.29. The lowest BCUT2D eigenvalue weighted by molar-refractivity contribution is -0.142. The zero-order chi connectivity index (χ0) is 30.7. The summed E-state index contributed by atoms with van der Waals surface area (Å²) < 4.78 is 11.3. The van der Waals surface area contributed by atoms with Gasteiger partial charge in [0, 0.05) is 23.2 Å². The van der Waals surface area contributed by atoms with Gasteiger partial charge in [0.15, 0.2) is 0 Å². The fourth-order valence-corrected chi connectivity index (χ4v) is 7.38. The average Bonchev–Trinajstić information content (AvgIpc) is 3.39. The highest BCUT2D eigenvalue weighted by Crippen LogP contribution is 2.44. The van der Waals surface area contributed by atoms with Crippen LogP contribution in [0.5, 0.6) is 0 Å². The number of esters is 1. The number of amides is 1. The van der Waals surface area contributed by atoms with Crippen LogP contribution in [0.2, 0.25) is 0 Å². The molecule has 1 amide bonds. The van der Waals surface area contributed by atoms with Gasteiger partial charge in [0.2, 0.25) is 0 Å². The molecule has 1 aliphatic rings. The molecule has 1 aliphatic carbocycles. The Balaban J connectivity index is 1.17. The van der Waals surface area contributed by atoms with Crippen LogP contribution in [0, 0.1) is 0 Å². The van der Waals surface area contributed by atoms with Crippen molar-refractivity contribution in [2.45, 2.75) is 23.8 Å². The van der Waals surface area contributed by atoms with Crippen LogP contribution in [0.25, 0.3) is 11.1 Å². The number of thiocarbonyl (C=S) groups is 1. The highest BCUT2D eigenvalue weighted by atomic mass is 32.2. The minimum Gasteiger partial charge on any atom is -0.467 e. The number of rotatable bonds is 12. The van der Waals surface area contributed by atoms with E-state index in [1.54, 1.807) is 11.8 Å². The minimum absolute atomic E-state index is 0.0236. The maximum Gasteiger partial charge on any atom is 0.407 e. The summed E-state index contributed by atoms with van der Waals surface area (Å²) in [7, 11) is 1.37. The Labute approximate surface area is 272 Å². The van der Waals surface area contributed by atoms with Crippen LogP contribution >= 0.6 is 35.7 Å². The fourth-order valence-electron chi connectivity index (χ4n) is 5.21. The molecule has 44 heavy (non-hydrogen) atoms. The first-order valence-electron chi connectivity index (χ1n) is 14.3. The fraction of sp³-hybridized carbons (Fsp3) is 0.229. The Kier molecular flexibility index (Phi) is 11.4.